The lowest BCUT2D eigenvalue weighted by Crippen LogP contribution is -2.42. The van der Waals surface area contributed by atoms with Crippen LogP contribution in [0.15, 0.2) is 60.9 Å². The molecule has 1 aromatic heterocycles. The minimum Gasteiger partial charge on any atom is -0.352 e. The molecule has 0 aliphatic carbocycles. The number of carbonyl (C=O) groups excluding carboxylic acids is 1. The maximum absolute atomic E-state index is 12.8. The van der Waals surface area contributed by atoms with Crippen LogP contribution in [0.25, 0.3) is 0 Å². The Balaban J connectivity index is 1.27. The van der Waals surface area contributed by atoms with Crippen LogP contribution in [0.3, 0.4) is 0 Å². The Hall–Kier alpha value is -2.92. The molecule has 1 N–H and O–H groups in total. The maximum atomic E-state index is 12.8. The molecule has 31 heavy (non-hydrogen) atoms. The average molecular weight is 417 g/mol. The van der Waals surface area contributed by atoms with Gasteiger partial charge in [0.15, 0.2) is 0 Å². The van der Waals surface area contributed by atoms with Crippen molar-refractivity contribution in [2.75, 3.05) is 13.1 Å². The van der Waals surface area contributed by atoms with Crippen molar-refractivity contribution >= 4 is 5.91 Å². The molecule has 0 spiro atoms. The number of carbonyl (C=O) groups is 1. The fraction of sp³-hybridized carbons (Fsp3) is 0.385. The van der Waals surface area contributed by atoms with Crippen molar-refractivity contribution in [1.82, 2.24) is 19.8 Å². The highest BCUT2D eigenvalue weighted by molar-refractivity contribution is 5.79. The third-order valence-corrected chi connectivity index (χ3v) is 6.30. The van der Waals surface area contributed by atoms with Gasteiger partial charge in [-0.05, 0) is 55.5 Å². The van der Waals surface area contributed by atoms with Crippen LogP contribution in [0.4, 0.5) is 0 Å². The molecule has 1 aliphatic heterocycles. The molecule has 1 unspecified atom stereocenters. The third kappa shape index (κ3) is 5.61. The van der Waals surface area contributed by atoms with Gasteiger partial charge in [-0.2, -0.15) is 0 Å². The highest BCUT2D eigenvalue weighted by Gasteiger charge is 2.25. The van der Waals surface area contributed by atoms with Gasteiger partial charge < -0.3 is 9.88 Å². The highest BCUT2D eigenvalue weighted by atomic mass is 16.1. The molecular weight excluding hydrogens is 384 g/mol. The highest BCUT2D eigenvalue weighted by Crippen LogP contribution is 2.20. The number of benzene rings is 2. The number of nitrogens with one attached hydrogen (secondary N) is 1. The van der Waals surface area contributed by atoms with Crippen molar-refractivity contribution in [3.8, 4) is 0 Å². The van der Waals surface area contributed by atoms with Crippen LogP contribution >= 0.6 is 0 Å². The second-order valence-corrected chi connectivity index (χ2v) is 8.64. The van der Waals surface area contributed by atoms with E-state index in [0.717, 1.165) is 50.4 Å². The van der Waals surface area contributed by atoms with Crippen molar-refractivity contribution in [3.63, 3.8) is 0 Å². The molecule has 0 bridgehead atoms. The zero-order valence-electron chi connectivity index (χ0n) is 18.6. The smallest absolute Gasteiger partial charge is 0.224 e. The molecule has 0 saturated carbocycles. The van der Waals surface area contributed by atoms with Gasteiger partial charge in [-0.15, -0.1) is 0 Å². The van der Waals surface area contributed by atoms with E-state index in [1.54, 1.807) is 0 Å². The fourth-order valence-electron chi connectivity index (χ4n) is 4.31. The molecule has 4 rings (SSSR count). The molecule has 5 nitrogen and oxygen atoms in total. The average Bonchev–Trinajstić information content (AvgIpc) is 3.19. The van der Waals surface area contributed by atoms with Crippen LogP contribution in [-0.2, 0) is 24.4 Å². The van der Waals surface area contributed by atoms with Gasteiger partial charge in [-0.3, -0.25) is 9.69 Å². The van der Waals surface area contributed by atoms with Crippen molar-refractivity contribution < 1.29 is 4.79 Å². The SMILES string of the molecule is Cc1ccccc1CN1CCCC(C(=O)NCc2ccc(Cn3ccnc3C)cc2)C1. The monoisotopic (exact) mass is 416 g/mol. The van der Waals surface area contributed by atoms with E-state index in [2.05, 4.69) is 75.2 Å². The molecular formula is C26H32N4O. The first-order valence-corrected chi connectivity index (χ1v) is 11.2. The molecule has 5 heteroatoms. The molecule has 1 atom stereocenters. The van der Waals surface area contributed by atoms with Crippen LogP contribution in [0.5, 0.6) is 0 Å². The first kappa shape index (κ1) is 21.3. The summed E-state index contributed by atoms with van der Waals surface area (Å²) < 4.78 is 2.13. The zero-order valence-corrected chi connectivity index (χ0v) is 18.6. The molecule has 3 aromatic rings. The largest absolute Gasteiger partial charge is 0.352 e. The third-order valence-electron chi connectivity index (χ3n) is 6.30. The normalized spacial score (nSPS) is 16.9. The van der Waals surface area contributed by atoms with Crippen LogP contribution in [0.2, 0.25) is 0 Å². The lowest BCUT2D eigenvalue weighted by molar-refractivity contribution is -0.126. The second-order valence-electron chi connectivity index (χ2n) is 8.64. The quantitative estimate of drug-likeness (QED) is 0.631. The number of imidazole rings is 1. The fourth-order valence-corrected chi connectivity index (χ4v) is 4.31. The minimum absolute atomic E-state index is 0.0706. The molecule has 1 amide bonds. The van der Waals surface area contributed by atoms with E-state index in [-0.39, 0.29) is 11.8 Å². The van der Waals surface area contributed by atoms with E-state index in [4.69, 9.17) is 0 Å². The lowest BCUT2D eigenvalue weighted by Gasteiger charge is -2.32. The van der Waals surface area contributed by atoms with E-state index >= 15 is 0 Å². The second kappa shape index (κ2) is 9.92. The number of rotatable bonds is 7. The number of aryl methyl sites for hydroxylation is 2. The van der Waals surface area contributed by atoms with Crippen LogP contribution in [0, 0.1) is 19.8 Å². The summed E-state index contributed by atoms with van der Waals surface area (Å²) in [6, 6.07) is 17.0. The number of likely N-dealkylation sites (tertiary alicyclic amines) is 1. The lowest BCUT2D eigenvalue weighted by atomic mass is 9.96. The van der Waals surface area contributed by atoms with Crippen LogP contribution in [0.1, 0.15) is 40.9 Å². The number of hydrogen-bond donors (Lipinski definition) is 1. The summed E-state index contributed by atoms with van der Waals surface area (Å²) in [6.45, 7) is 8.39. The summed E-state index contributed by atoms with van der Waals surface area (Å²) in [5, 5.41) is 3.16. The number of hydrogen-bond acceptors (Lipinski definition) is 3. The Morgan fingerprint density at radius 2 is 1.84 bits per heavy atom. The Labute approximate surface area is 185 Å². The molecule has 2 aromatic carbocycles. The molecule has 2 heterocycles. The number of amides is 1. The maximum Gasteiger partial charge on any atom is 0.224 e. The first-order valence-electron chi connectivity index (χ1n) is 11.2. The van der Waals surface area contributed by atoms with Gasteiger partial charge in [0, 0.05) is 38.6 Å². The Bertz CT molecular complexity index is 1010. The summed E-state index contributed by atoms with van der Waals surface area (Å²) in [5.41, 5.74) is 5.04. The number of piperidine rings is 1. The number of aromatic nitrogens is 2. The Morgan fingerprint density at radius 1 is 1.06 bits per heavy atom. The summed E-state index contributed by atoms with van der Waals surface area (Å²) >= 11 is 0. The summed E-state index contributed by atoms with van der Waals surface area (Å²) in [6.07, 6.45) is 5.87. The van der Waals surface area contributed by atoms with E-state index in [9.17, 15) is 4.79 Å². The van der Waals surface area contributed by atoms with Crippen molar-refractivity contribution in [1.29, 1.82) is 0 Å². The first-order chi connectivity index (χ1) is 15.1. The van der Waals surface area contributed by atoms with Gasteiger partial charge in [0.25, 0.3) is 0 Å². The molecule has 1 fully saturated rings. The zero-order chi connectivity index (χ0) is 21.6. The summed E-state index contributed by atoms with van der Waals surface area (Å²) in [7, 11) is 0. The van der Waals surface area contributed by atoms with E-state index in [0.29, 0.717) is 6.54 Å². The Kier molecular flexibility index (Phi) is 6.82. The van der Waals surface area contributed by atoms with Gasteiger partial charge >= 0.3 is 0 Å². The van der Waals surface area contributed by atoms with Gasteiger partial charge in [0.05, 0.1) is 5.92 Å². The van der Waals surface area contributed by atoms with Crippen molar-refractivity contribution in [2.45, 2.75) is 46.3 Å². The Morgan fingerprint density at radius 3 is 2.58 bits per heavy atom. The van der Waals surface area contributed by atoms with E-state index in [1.807, 2.05) is 19.3 Å². The molecule has 162 valence electrons. The summed E-state index contributed by atoms with van der Waals surface area (Å²) in [4.78, 5) is 19.5. The molecule has 1 saturated heterocycles. The van der Waals surface area contributed by atoms with Gasteiger partial charge in [0.2, 0.25) is 5.91 Å². The number of nitrogens with zero attached hydrogens (tertiary/aromatic N) is 3. The van der Waals surface area contributed by atoms with E-state index < -0.39 is 0 Å². The predicted octanol–water partition coefficient (Wildman–Crippen LogP) is 4.08. The van der Waals surface area contributed by atoms with Crippen molar-refractivity contribution in [2.24, 2.45) is 5.92 Å². The van der Waals surface area contributed by atoms with Crippen LogP contribution in [-0.4, -0.2) is 33.4 Å². The minimum atomic E-state index is 0.0706. The topological polar surface area (TPSA) is 50.2 Å². The van der Waals surface area contributed by atoms with Crippen LogP contribution < -0.4 is 5.32 Å². The van der Waals surface area contributed by atoms with Crippen molar-refractivity contribution in [3.05, 3.63) is 89.0 Å². The van der Waals surface area contributed by atoms with Gasteiger partial charge in [0.1, 0.15) is 5.82 Å². The van der Waals surface area contributed by atoms with Gasteiger partial charge in [-0.1, -0.05) is 48.5 Å². The molecule has 0 radical (unpaired) electrons. The standard InChI is InChI=1S/C26H32N4O/c1-20-6-3-4-7-24(20)18-29-14-5-8-25(19-29)26(31)28-16-22-9-11-23(12-10-22)17-30-15-13-27-21(30)2/h3-4,6-7,9-13,15,25H,5,8,14,16-19H2,1-2H3,(H,28,31). The van der Waals surface area contributed by atoms with Gasteiger partial charge in [-0.25, -0.2) is 4.98 Å². The molecule has 1 aliphatic rings. The predicted molar refractivity (Wildman–Crippen MR) is 124 cm³/mol. The van der Waals surface area contributed by atoms with E-state index in [1.165, 1.54) is 16.7 Å². The summed E-state index contributed by atoms with van der Waals surface area (Å²) in [5.74, 6) is 1.26.